The molecular formula is C17H19N5OS3. The minimum absolute atomic E-state index is 0.0372. The highest BCUT2D eigenvalue weighted by molar-refractivity contribution is 7.99. The summed E-state index contributed by atoms with van der Waals surface area (Å²) in [5.41, 5.74) is 1.42. The van der Waals surface area contributed by atoms with Crippen molar-refractivity contribution in [2.24, 2.45) is 0 Å². The molecule has 0 spiro atoms. The molecule has 3 aromatic heterocycles. The fourth-order valence-corrected chi connectivity index (χ4v) is 5.97. The largest absolute Gasteiger partial charge is 0.301 e. The molecule has 4 rings (SSSR count). The van der Waals surface area contributed by atoms with Gasteiger partial charge < -0.3 is 5.32 Å². The number of nitrogens with zero attached hydrogens (tertiary/aromatic N) is 4. The lowest BCUT2D eigenvalue weighted by Crippen LogP contribution is -2.12. The lowest BCUT2D eigenvalue weighted by atomic mass is 10.2. The Kier molecular flexibility index (Phi) is 5.19. The van der Waals surface area contributed by atoms with Gasteiger partial charge in [-0.2, -0.15) is 0 Å². The van der Waals surface area contributed by atoms with Crippen LogP contribution in [0.2, 0.25) is 0 Å². The van der Waals surface area contributed by atoms with E-state index in [9.17, 15) is 4.79 Å². The number of thioether (sulfide) groups is 1. The van der Waals surface area contributed by atoms with Crippen LogP contribution in [0.1, 0.15) is 48.1 Å². The number of nitrogens with one attached hydrogen (secondary N) is 1. The average Bonchev–Trinajstić information content (AvgIpc) is 3.30. The molecule has 0 saturated heterocycles. The van der Waals surface area contributed by atoms with Crippen LogP contribution < -0.4 is 5.32 Å². The Bertz CT molecular complexity index is 949. The van der Waals surface area contributed by atoms with Crippen LogP contribution in [0.25, 0.3) is 10.2 Å². The number of carbonyl (C=O) groups is 1. The van der Waals surface area contributed by atoms with Gasteiger partial charge in [-0.25, -0.2) is 9.97 Å². The summed E-state index contributed by atoms with van der Waals surface area (Å²) < 4.78 is 0. The number of aromatic nitrogens is 4. The van der Waals surface area contributed by atoms with Gasteiger partial charge in [0, 0.05) is 28.4 Å². The van der Waals surface area contributed by atoms with Gasteiger partial charge in [0.1, 0.15) is 21.2 Å². The van der Waals surface area contributed by atoms with Crippen molar-refractivity contribution in [2.45, 2.75) is 50.5 Å². The van der Waals surface area contributed by atoms with Crippen LogP contribution in [0, 0.1) is 0 Å². The lowest BCUT2D eigenvalue weighted by Gasteiger charge is -2.04. The van der Waals surface area contributed by atoms with Gasteiger partial charge >= 0.3 is 0 Å². The number of aryl methyl sites for hydroxylation is 2. The Hall–Kier alpha value is -1.58. The highest BCUT2D eigenvalue weighted by atomic mass is 32.2. The standard InChI is InChI=1S/C17H19N5OS3/c1-9(2)14-21-22-17(26-14)20-12(23)6-7-24-15-13-10-4-3-5-11(10)25-16(13)19-8-18-15/h8-9H,3-7H2,1-2H3,(H,20,22,23). The monoisotopic (exact) mass is 405 g/mol. The molecule has 3 heterocycles. The second-order valence-electron chi connectivity index (χ2n) is 6.46. The third-order valence-electron chi connectivity index (χ3n) is 4.22. The average molecular weight is 406 g/mol. The van der Waals surface area contributed by atoms with Gasteiger partial charge in [-0.3, -0.25) is 4.79 Å². The summed E-state index contributed by atoms with van der Waals surface area (Å²) in [5, 5.41) is 14.7. The molecule has 0 aromatic carbocycles. The first-order chi connectivity index (χ1) is 12.6. The molecule has 0 unspecified atom stereocenters. The van der Waals surface area contributed by atoms with Crippen LogP contribution in [0.4, 0.5) is 5.13 Å². The Morgan fingerprint density at radius 3 is 2.96 bits per heavy atom. The molecule has 6 nitrogen and oxygen atoms in total. The normalized spacial score (nSPS) is 13.5. The molecule has 136 valence electrons. The van der Waals surface area contributed by atoms with Gasteiger partial charge in [-0.05, 0) is 24.8 Å². The second-order valence-corrected chi connectivity index (χ2v) is 9.64. The predicted octanol–water partition coefficient (Wildman–Crippen LogP) is 4.28. The number of anilines is 1. The maximum Gasteiger partial charge on any atom is 0.227 e. The Labute approximate surface area is 163 Å². The van der Waals surface area contributed by atoms with Gasteiger partial charge in [0.25, 0.3) is 0 Å². The van der Waals surface area contributed by atoms with Crippen LogP contribution in [0.15, 0.2) is 11.4 Å². The van der Waals surface area contributed by atoms with Crippen LogP contribution in [0.3, 0.4) is 0 Å². The smallest absolute Gasteiger partial charge is 0.227 e. The Morgan fingerprint density at radius 2 is 2.15 bits per heavy atom. The summed E-state index contributed by atoms with van der Waals surface area (Å²) in [5.74, 6) is 0.962. The van der Waals surface area contributed by atoms with Crippen molar-refractivity contribution in [1.82, 2.24) is 20.2 Å². The van der Waals surface area contributed by atoms with Crippen molar-refractivity contribution < 1.29 is 4.79 Å². The first-order valence-corrected chi connectivity index (χ1v) is 11.2. The van der Waals surface area contributed by atoms with Crippen molar-refractivity contribution in [3.63, 3.8) is 0 Å². The minimum atomic E-state index is -0.0372. The summed E-state index contributed by atoms with van der Waals surface area (Å²) in [4.78, 5) is 23.6. The predicted molar refractivity (Wildman–Crippen MR) is 107 cm³/mol. The molecular weight excluding hydrogens is 386 g/mol. The molecule has 9 heteroatoms. The molecule has 1 N–H and O–H groups in total. The van der Waals surface area contributed by atoms with Crippen LogP contribution in [0.5, 0.6) is 0 Å². The SMILES string of the molecule is CC(C)c1nnc(NC(=O)CCSc2ncnc3sc4c(c23)CCC4)s1. The van der Waals surface area contributed by atoms with E-state index in [0.29, 0.717) is 23.2 Å². The first-order valence-electron chi connectivity index (χ1n) is 8.63. The van der Waals surface area contributed by atoms with Crippen molar-refractivity contribution in [1.29, 1.82) is 0 Å². The van der Waals surface area contributed by atoms with E-state index in [1.807, 2.05) is 0 Å². The van der Waals surface area contributed by atoms with E-state index in [4.69, 9.17) is 0 Å². The van der Waals surface area contributed by atoms with Crippen molar-refractivity contribution in [2.75, 3.05) is 11.1 Å². The molecule has 0 bridgehead atoms. The molecule has 0 fully saturated rings. The first kappa shape index (κ1) is 17.8. The van der Waals surface area contributed by atoms with Gasteiger partial charge in [0.15, 0.2) is 0 Å². The summed E-state index contributed by atoms with van der Waals surface area (Å²) in [7, 11) is 0. The number of hydrogen-bond acceptors (Lipinski definition) is 8. The Balaban J connectivity index is 1.37. The number of amides is 1. The summed E-state index contributed by atoms with van der Waals surface area (Å²) in [6.45, 7) is 4.12. The zero-order valence-electron chi connectivity index (χ0n) is 14.6. The van der Waals surface area contributed by atoms with E-state index in [1.165, 1.54) is 33.6 Å². The van der Waals surface area contributed by atoms with Crippen LogP contribution in [-0.2, 0) is 17.6 Å². The Morgan fingerprint density at radius 1 is 1.27 bits per heavy atom. The van der Waals surface area contributed by atoms with Gasteiger partial charge in [-0.1, -0.05) is 25.2 Å². The van der Waals surface area contributed by atoms with E-state index in [-0.39, 0.29) is 5.91 Å². The summed E-state index contributed by atoms with van der Waals surface area (Å²) >= 11 is 4.86. The molecule has 0 aliphatic heterocycles. The number of rotatable bonds is 6. The molecule has 26 heavy (non-hydrogen) atoms. The van der Waals surface area contributed by atoms with Crippen molar-refractivity contribution in [3.8, 4) is 0 Å². The molecule has 1 aliphatic carbocycles. The van der Waals surface area contributed by atoms with Crippen molar-refractivity contribution >= 4 is 55.7 Å². The van der Waals surface area contributed by atoms with Gasteiger partial charge in [0.05, 0.1) is 0 Å². The maximum atomic E-state index is 12.2. The number of hydrogen-bond donors (Lipinski definition) is 1. The molecule has 1 amide bonds. The summed E-state index contributed by atoms with van der Waals surface area (Å²) in [6, 6.07) is 0. The highest BCUT2D eigenvalue weighted by Crippen LogP contribution is 2.40. The molecule has 3 aromatic rings. The third kappa shape index (κ3) is 3.60. The molecule has 0 saturated carbocycles. The van der Waals surface area contributed by atoms with E-state index in [0.717, 1.165) is 27.7 Å². The third-order valence-corrected chi connectivity index (χ3v) is 7.55. The van der Waals surface area contributed by atoms with E-state index >= 15 is 0 Å². The fourth-order valence-electron chi connectivity index (χ4n) is 2.95. The fraction of sp³-hybridized carbons (Fsp3) is 0.471. The minimum Gasteiger partial charge on any atom is -0.301 e. The highest BCUT2D eigenvalue weighted by Gasteiger charge is 2.21. The van der Waals surface area contributed by atoms with Crippen LogP contribution in [-0.4, -0.2) is 31.8 Å². The quantitative estimate of drug-likeness (QED) is 0.487. The van der Waals surface area contributed by atoms with E-state index < -0.39 is 0 Å². The number of thiophene rings is 1. The van der Waals surface area contributed by atoms with Gasteiger partial charge in [0.2, 0.25) is 11.0 Å². The topological polar surface area (TPSA) is 80.7 Å². The zero-order chi connectivity index (χ0) is 18.1. The molecule has 0 atom stereocenters. The van der Waals surface area contributed by atoms with E-state index in [1.54, 1.807) is 29.4 Å². The molecule has 1 aliphatic rings. The van der Waals surface area contributed by atoms with Crippen LogP contribution >= 0.6 is 34.4 Å². The number of carbonyl (C=O) groups excluding carboxylic acids is 1. The lowest BCUT2D eigenvalue weighted by molar-refractivity contribution is -0.115. The summed E-state index contributed by atoms with van der Waals surface area (Å²) in [6.07, 6.45) is 5.54. The van der Waals surface area contributed by atoms with Crippen molar-refractivity contribution in [3.05, 3.63) is 21.8 Å². The number of fused-ring (bicyclic) bond motifs is 3. The van der Waals surface area contributed by atoms with Gasteiger partial charge in [-0.15, -0.1) is 33.3 Å². The zero-order valence-corrected chi connectivity index (χ0v) is 17.1. The van der Waals surface area contributed by atoms with E-state index in [2.05, 4.69) is 39.3 Å². The maximum absolute atomic E-state index is 12.2. The molecule has 0 radical (unpaired) electrons. The second kappa shape index (κ2) is 7.58.